The molecule has 1 spiro atoms. The van der Waals surface area contributed by atoms with Crippen molar-refractivity contribution >= 4 is 17.5 Å². The summed E-state index contributed by atoms with van der Waals surface area (Å²) in [5, 5.41) is 0. The topological polar surface area (TPSA) is 62.2 Å². The van der Waals surface area contributed by atoms with E-state index in [2.05, 4.69) is 4.99 Å². The number of hydrogen-bond acceptors (Lipinski definition) is 4. The molecule has 5 rings (SSSR count). The van der Waals surface area contributed by atoms with Gasteiger partial charge in [0.05, 0.1) is 18.2 Å². The lowest BCUT2D eigenvalue weighted by Gasteiger charge is -2.37. The summed E-state index contributed by atoms with van der Waals surface area (Å²) in [5.41, 5.74) is 0.886. The van der Waals surface area contributed by atoms with E-state index in [1.165, 1.54) is 12.1 Å². The number of carbonyl (C=O) groups excluding carboxylic acids is 2. The normalized spacial score (nSPS) is 27.5. The van der Waals surface area contributed by atoms with Crippen LogP contribution in [-0.4, -0.2) is 58.8 Å². The van der Waals surface area contributed by atoms with Crippen molar-refractivity contribution in [3.8, 4) is 0 Å². The summed E-state index contributed by atoms with van der Waals surface area (Å²) < 4.78 is 33.7. The van der Waals surface area contributed by atoms with Crippen LogP contribution in [0.3, 0.4) is 0 Å². The Morgan fingerprint density at radius 2 is 1.87 bits per heavy atom. The van der Waals surface area contributed by atoms with E-state index < -0.39 is 23.3 Å². The van der Waals surface area contributed by atoms with Crippen LogP contribution in [0.1, 0.15) is 44.2 Å². The number of aliphatic imine (C=N–C) groups is 1. The van der Waals surface area contributed by atoms with Crippen LogP contribution >= 0.6 is 0 Å². The van der Waals surface area contributed by atoms with Gasteiger partial charge in [0.1, 0.15) is 17.9 Å². The Labute approximate surface area is 173 Å². The summed E-state index contributed by atoms with van der Waals surface area (Å²) in [6, 6.07) is 3.01. The van der Waals surface area contributed by atoms with Crippen molar-refractivity contribution in [2.24, 2.45) is 4.99 Å². The number of fused-ring (bicyclic) bond motifs is 1. The molecule has 1 aromatic carbocycles. The number of hydrogen-bond donors (Lipinski definition) is 0. The number of halogens is 2. The van der Waals surface area contributed by atoms with Crippen LogP contribution < -0.4 is 0 Å². The van der Waals surface area contributed by atoms with Crippen LogP contribution in [-0.2, 0) is 14.3 Å². The molecule has 0 unspecified atom stereocenters. The highest BCUT2D eigenvalue weighted by molar-refractivity contribution is 6.21. The summed E-state index contributed by atoms with van der Waals surface area (Å²) in [7, 11) is 0. The van der Waals surface area contributed by atoms with Crippen LogP contribution in [0.15, 0.2) is 34.8 Å². The maximum absolute atomic E-state index is 13.7. The summed E-state index contributed by atoms with van der Waals surface area (Å²) in [6.07, 6.45) is 3.51. The second kappa shape index (κ2) is 6.97. The minimum Gasteiger partial charge on any atom is -0.342 e. The molecule has 2 atom stereocenters. The molecular weight excluding hydrogens is 392 g/mol. The first-order valence-electron chi connectivity index (χ1n) is 10.4. The minimum atomic E-state index is -0.959. The molecule has 1 aromatic rings. The fraction of sp³-hybridized carbons (Fsp3) is 0.500. The molecule has 0 saturated carbocycles. The zero-order valence-corrected chi connectivity index (χ0v) is 16.7. The van der Waals surface area contributed by atoms with E-state index in [0.29, 0.717) is 56.5 Å². The first-order chi connectivity index (χ1) is 14.4. The third kappa shape index (κ3) is 2.96. The van der Waals surface area contributed by atoms with Crippen LogP contribution in [0.25, 0.3) is 0 Å². The van der Waals surface area contributed by atoms with E-state index in [1.807, 2.05) is 13.0 Å². The highest BCUT2D eigenvalue weighted by Crippen LogP contribution is 2.47. The molecule has 3 fully saturated rings. The predicted octanol–water partition coefficient (Wildman–Crippen LogP) is 2.75. The van der Waals surface area contributed by atoms with Crippen LogP contribution in [0.4, 0.5) is 8.78 Å². The second-order valence-corrected chi connectivity index (χ2v) is 8.41. The Hall–Kier alpha value is -2.61. The van der Waals surface area contributed by atoms with Crippen molar-refractivity contribution in [3.63, 3.8) is 0 Å². The molecule has 4 heterocycles. The van der Waals surface area contributed by atoms with E-state index in [4.69, 9.17) is 4.74 Å². The third-order valence-corrected chi connectivity index (χ3v) is 6.69. The molecule has 0 bridgehead atoms. The highest BCUT2D eigenvalue weighted by Gasteiger charge is 2.58. The molecule has 0 aliphatic carbocycles. The molecule has 158 valence electrons. The fourth-order valence-electron chi connectivity index (χ4n) is 5.13. The van der Waals surface area contributed by atoms with E-state index in [0.717, 1.165) is 11.8 Å². The molecule has 3 saturated heterocycles. The number of benzene rings is 1. The number of rotatable bonds is 2. The van der Waals surface area contributed by atoms with Gasteiger partial charge in [0.25, 0.3) is 11.8 Å². The standard InChI is InChI=1S/C22H23F2N3O3/c1-13-17(4-7-25-13)20(28)26-8-5-22(6-9-26)21(29)27-18(2-3-19(27)30-22)14-10-15(23)12-16(24)11-14/h4,10-12,18-19H,2-3,5-9H2,1H3/t18-,19+/m0/s1. The summed E-state index contributed by atoms with van der Waals surface area (Å²) >= 11 is 0. The van der Waals surface area contributed by atoms with Gasteiger partial charge in [0.2, 0.25) is 0 Å². The average Bonchev–Trinajstić information content (AvgIpc) is 3.38. The van der Waals surface area contributed by atoms with Crippen molar-refractivity contribution in [3.05, 3.63) is 47.0 Å². The monoisotopic (exact) mass is 415 g/mol. The van der Waals surface area contributed by atoms with Gasteiger partial charge in [0.15, 0.2) is 5.60 Å². The number of carbonyl (C=O) groups is 2. The van der Waals surface area contributed by atoms with E-state index in [-0.39, 0.29) is 18.0 Å². The van der Waals surface area contributed by atoms with Gasteiger partial charge in [-0.3, -0.25) is 14.6 Å². The van der Waals surface area contributed by atoms with Crippen molar-refractivity contribution in [1.29, 1.82) is 0 Å². The van der Waals surface area contributed by atoms with Crippen LogP contribution in [0, 0.1) is 11.6 Å². The maximum atomic E-state index is 13.7. The zero-order valence-electron chi connectivity index (χ0n) is 16.7. The lowest BCUT2D eigenvalue weighted by atomic mass is 9.89. The summed E-state index contributed by atoms with van der Waals surface area (Å²) in [6.45, 7) is 3.21. The Morgan fingerprint density at radius 1 is 1.17 bits per heavy atom. The SMILES string of the molecule is CC1=NCC=C1C(=O)N1CCC2(CC1)O[C@@H]1CC[C@@H](c3cc(F)cc(F)c3)N1C2=O. The van der Waals surface area contributed by atoms with E-state index >= 15 is 0 Å². The van der Waals surface area contributed by atoms with Gasteiger partial charge in [-0.1, -0.05) is 0 Å². The predicted molar refractivity (Wildman–Crippen MR) is 105 cm³/mol. The Bertz CT molecular complexity index is 962. The largest absolute Gasteiger partial charge is 0.342 e. The Morgan fingerprint density at radius 3 is 2.50 bits per heavy atom. The van der Waals surface area contributed by atoms with Gasteiger partial charge in [-0.25, -0.2) is 8.78 Å². The number of ether oxygens (including phenoxy) is 1. The molecule has 30 heavy (non-hydrogen) atoms. The average molecular weight is 415 g/mol. The summed E-state index contributed by atoms with van der Waals surface area (Å²) in [5.74, 6) is -1.49. The molecule has 8 heteroatoms. The molecular formula is C22H23F2N3O3. The first-order valence-corrected chi connectivity index (χ1v) is 10.4. The van der Waals surface area contributed by atoms with Gasteiger partial charge in [0, 0.05) is 37.7 Å². The number of likely N-dealkylation sites (tertiary alicyclic amines) is 1. The number of amides is 2. The van der Waals surface area contributed by atoms with Gasteiger partial charge in [-0.05, 0) is 43.5 Å². The number of nitrogens with zero attached hydrogens (tertiary/aromatic N) is 3. The Kier molecular flexibility index (Phi) is 4.50. The van der Waals surface area contributed by atoms with Crippen molar-refractivity contribution in [2.45, 2.75) is 50.5 Å². The van der Waals surface area contributed by atoms with Gasteiger partial charge >= 0.3 is 0 Å². The fourth-order valence-corrected chi connectivity index (χ4v) is 5.13. The number of piperidine rings is 1. The third-order valence-electron chi connectivity index (χ3n) is 6.69. The molecule has 4 aliphatic rings. The van der Waals surface area contributed by atoms with Gasteiger partial charge in [-0.2, -0.15) is 0 Å². The van der Waals surface area contributed by atoms with E-state index in [1.54, 1.807) is 9.80 Å². The van der Waals surface area contributed by atoms with Crippen LogP contribution in [0.5, 0.6) is 0 Å². The van der Waals surface area contributed by atoms with Crippen molar-refractivity contribution in [1.82, 2.24) is 9.80 Å². The minimum absolute atomic E-state index is 0.0531. The smallest absolute Gasteiger partial charge is 0.257 e. The lowest BCUT2D eigenvalue weighted by molar-refractivity contribution is -0.147. The van der Waals surface area contributed by atoms with Crippen LogP contribution in [0.2, 0.25) is 0 Å². The summed E-state index contributed by atoms with van der Waals surface area (Å²) in [4.78, 5) is 33.8. The van der Waals surface area contributed by atoms with Gasteiger partial charge < -0.3 is 14.5 Å². The molecule has 0 radical (unpaired) electrons. The zero-order chi connectivity index (χ0) is 21.0. The Balaban J connectivity index is 1.32. The molecule has 4 aliphatic heterocycles. The second-order valence-electron chi connectivity index (χ2n) is 8.41. The molecule has 0 N–H and O–H groups in total. The molecule has 2 amide bonds. The quantitative estimate of drug-likeness (QED) is 0.746. The van der Waals surface area contributed by atoms with E-state index in [9.17, 15) is 18.4 Å². The van der Waals surface area contributed by atoms with Crippen molar-refractivity contribution < 1.29 is 23.1 Å². The first kappa shape index (κ1) is 19.4. The van der Waals surface area contributed by atoms with Gasteiger partial charge in [-0.15, -0.1) is 0 Å². The lowest BCUT2D eigenvalue weighted by Crippen LogP contribution is -2.52. The molecule has 0 aromatic heterocycles. The maximum Gasteiger partial charge on any atom is 0.257 e. The highest BCUT2D eigenvalue weighted by atomic mass is 19.1. The van der Waals surface area contributed by atoms with Crippen molar-refractivity contribution in [2.75, 3.05) is 19.6 Å². The molecule has 6 nitrogen and oxygen atoms in total.